The molecule has 1 heterocycles. The van der Waals surface area contributed by atoms with Crippen LogP contribution in [-0.2, 0) is 6.61 Å². The predicted octanol–water partition coefficient (Wildman–Crippen LogP) is 3.60. The smallest absolute Gasteiger partial charge is 0.138 e. The molecular formula is C15H15NOS. The number of thiol groups is 1. The molecule has 0 atom stereocenters. The molecule has 2 aromatic rings. The van der Waals surface area contributed by atoms with Crippen molar-refractivity contribution in [3.63, 3.8) is 0 Å². The van der Waals surface area contributed by atoms with Gasteiger partial charge in [-0.2, -0.15) is 12.6 Å². The van der Waals surface area contributed by atoms with Gasteiger partial charge in [0.2, 0.25) is 0 Å². The maximum Gasteiger partial charge on any atom is 0.138 e. The van der Waals surface area contributed by atoms with Crippen LogP contribution in [0.5, 0.6) is 5.75 Å². The Kier molecular flexibility index (Phi) is 4.85. The molecule has 0 bridgehead atoms. The largest absolute Gasteiger partial charge is 0.487 e. The van der Waals surface area contributed by atoms with Crippen molar-refractivity contribution in [1.29, 1.82) is 0 Å². The Labute approximate surface area is 113 Å². The topological polar surface area (TPSA) is 22.1 Å². The second-order valence-electron chi connectivity index (χ2n) is 3.81. The van der Waals surface area contributed by atoms with Crippen molar-refractivity contribution in [2.75, 3.05) is 5.75 Å². The third kappa shape index (κ3) is 3.93. The van der Waals surface area contributed by atoms with E-state index in [1.165, 1.54) is 0 Å². The summed E-state index contributed by atoms with van der Waals surface area (Å²) >= 11 is 4.13. The predicted molar refractivity (Wildman–Crippen MR) is 77.9 cm³/mol. The lowest BCUT2D eigenvalue weighted by molar-refractivity contribution is 0.305. The summed E-state index contributed by atoms with van der Waals surface area (Å²) in [6.45, 7) is 0.558. The van der Waals surface area contributed by atoms with Crippen LogP contribution in [0.15, 0.2) is 54.9 Å². The molecule has 1 aromatic heterocycles. The highest BCUT2D eigenvalue weighted by Gasteiger charge is 1.97. The minimum absolute atomic E-state index is 0.558. The molecule has 0 radical (unpaired) electrons. The van der Waals surface area contributed by atoms with Gasteiger partial charge in [0.25, 0.3) is 0 Å². The number of aromatic nitrogens is 1. The zero-order valence-electron chi connectivity index (χ0n) is 9.99. The van der Waals surface area contributed by atoms with E-state index in [0.717, 1.165) is 22.6 Å². The summed E-state index contributed by atoms with van der Waals surface area (Å²) in [6, 6.07) is 12.0. The van der Waals surface area contributed by atoms with Gasteiger partial charge >= 0.3 is 0 Å². The van der Waals surface area contributed by atoms with E-state index in [-0.39, 0.29) is 0 Å². The summed E-state index contributed by atoms with van der Waals surface area (Å²) in [7, 11) is 0. The van der Waals surface area contributed by atoms with Gasteiger partial charge < -0.3 is 4.74 Å². The van der Waals surface area contributed by atoms with Crippen molar-refractivity contribution < 1.29 is 4.74 Å². The standard InChI is InChI=1S/C15H15NOS/c18-8-4-7-14-9-15(11-16-10-14)17-12-13-5-2-1-3-6-13/h1-7,9-11,18H,8,12H2. The fourth-order valence-electron chi connectivity index (χ4n) is 1.54. The summed E-state index contributed by atoms with van der Waals surface area (Å²) in [6.07, 6.45) is 7.48. The lowest BCUT2D eigenvalue weighted by Crippen LogP contribution is -1.95. The molecule has 0 aliphatic heterocycles. The lowest BCUT2D eigenvalue weighted by atomic mass is 10.2. The van der Waals surface area contributed by atoms with Gasteiger partial charge in [0.1, 0.15) is 12.4 Å². The first-order valence-corrected chi connectivity index (χ1v) is 6.41. The van der Waals surface area contributed by atoms with Crippen LogP contribution in [-0.4, -0.2) is 10.7 Å². The van der Waals surface area contributed by atoms with Gasteiger partial charge in [0.15, 0.2) is 0 Å². The summed E-state index contributed by atoms with van der Waals surface area (Å²) in [5.74, 6) is 1.50. The van der Waals surface area contributed by atoms with E-state index >= 15 is 0 Å². The van der Waals surface area contributed by atoms with E-state index in [9.17, 15) is 0 Å². The van der Waals surface area contributed by atoms with Crippen LogP contribution in [0.2, 0.25) is 0 Å². The van der Waals surface area contributed by atoms with Crippen molar-refractivity contribution in [3.05, 3.63) is 66.0 Å². The highest BCUT2D eigenvalue weighted by molar-refractivity contribution is 7.80. The zero-order valence-corrected chi connectivity index (χ0v) is 10.9. The van der Waals surface area contributed by atoms with Crippen molar-refractivity contribution in [1.82, 2.24) is 4.98 Å². The molecule has 2 rings (SSSR count). The second-order valence-corrected chi connectivity index (χ2v) is 4.18. The summed E-state index contributed by atoms with van der Waals surface area (Å²) in [4.78, 5) is 4.15. The maximum absolute atomic E-state index is 5.70. The normalized spacial score (nSPS) is 10.7. The van der Waals surface area contributed by atoms with E-state index in [1.54, 1.807) is 12.4 Å². The molecule has 92 valence electrons. The van der Waals surface area contributed by atoms with E-state index in [4.69, 9.17) is 4.74 Å². The van der Waals surface area contributed by atoms with E-state index in [0.29, 0.717) is 6.61 Å². The summed E-state index contributed by atoms with van der Waals surface area (Å²) in [5.41, 5.74) is 2.17. The Hall–Kier alpha value is -1.74. The molecule has 0 unspecified atom stereocenters. The first kappa shape index (κ1) is 12.7. The van der Waals surface area contributed by atoms with Crippen LogP contribution in [0.25, 0.3) is 6.08 Å². The van der Waals surface area contributed by atoms with Gasteiger partial charge in [-0.3, -0.25) is 4.98 Å². The molecule has 1 aromatic carbocycles. The molecule has 0 fully saturated rings. The molecule has 3 heteroatoms. The molecular weight excluding hydrogens is 242 g/mol. The number of hydrogen-bond donors (Lipinski definition) is 1. The second kappa shape index (κ2) is 6.87. The highest BCUT2D eigenvalue weighted by Crippen LogP contribution is 2.14. The number of hydrogen-bond acceptors (Lipinski definition) is 3. The third-order valence-corrected chi connectivity index (χ3v) is 2.61. The van der Waals surface area contributed by atoms with Gasteiger partial charge in [-0.1, -0.05) is 42.5 Å². The minimum atomic E-state index is 0.558. The minimum Gasteiger partial charge on any atom is -0.487 e. The van der Waals surface area contributed by atoms with E-state index in [1.807, 2.05) is 48.6 Å². The average Bonchev–Trinajstić information content (AvgIpc) is 2.44. The van der Waals surface area contributed by atoms with Gasteiger partial charge in [-0.15, -0.1) is 0 Å². The van der Waals surface area contributed by atoms with Crippen LogP contribution in [0, 0.1) is 0 Å². The van der Waals surface area contributed by atoms with Gasteiger partial charge in [-0.25, -0.2) is 0 Å². The molecule has 0 aliphatic rings. The molecule has 0 amide bonds. The molecule has 0 N–H and O–H groups in total. The van der Waals surface area contributed by atoms with Crippen LogP contribution in [0.1, 0.15) is 11.1 Å². The molecule has 18 heavy (non-hydrogen) atoms. The highest BCUT2D eigenvalue weighted by atomic mass is 32.1. The van der Waals surface area contributed by atoms with Crippen LogP contribution in [0.3, 0.4) is 0 Å². The fourth-order valence-corrected chi connectivity index (χ4v) is 1.64. The molecule has 2 nitrogen and oxygen atoms in total. The van der Waals surface area contributed by atoms with Gasteiger partial charge in [-0.05, 0) is 17.2 Å². The Morgan fingerprint density at radius 2 is 2.00 bits per heavy atom. The molecule has 0 saturated carbocycles. The number of pyridine rings is 1. The summed E-state index contributed by atoms with van der Waals surface area (Å²) < 4.78 is 5.70. The van der Waals surface area contributed by atoms with Crippen LogP contribution < -0.4 is 4.74 Å². The van der Waals surface area contributed by atoms with E-state index in [2.05, 4.69) is 17.6 Å². The molecule has 0 spiro atoms. The summed E-state index contributed by atoms with van der Waals surface area (Å²) in [5, 5.41) is 0. The van der Waals surface area contributed by atoms with Crippen molar-refractivity contribution in [3.8, 4) is 5.75 Å². The van der Waals surface area contributed by atoms with Gasteiger partial charge in [0, 0.05) is 11.9 Å². The van der Waals surface area contributed by atoms with Gasteiger partial charge in [0.05, 0.1) is 6.20 Å². The first-order chi connectivity index (χ1) is 8.88. The molecule has 0 aliphatic carbocycles. The van der Waals surface area contributed by atoms with E-state index < -0.39 is 0 Å². The third-order valence-electron chi connectivity index (χ3n) is 2.40. The quantitative estimate of drug-likeness (QED) is 0.827. The Morgan fingerprint density at radius 1 is 1.17 bits per heavy atom. The van der Waals surface area contributed by atoms with Crippen molar-refractivity contribution in [2.24, 2.45) is 0 Å². The number of ether oxygens (including phenoxy) is 1. The van der Waals surface area contributed by atoms with Crippen LogP contribution in [0.4, 0.5) is 0 Å². The van der Waals surface area contributed by atoms with Crippen LogP contribution >= 0.6 is 12.6 Å². The molecule has 0 saturated heterocycles. The lowest BCUT2D eigenvalue weighted by Gasteiger charge is -2.06. The Morgan fingerprint density at radius 3 is 2.78 bits per heavy atom. The monoisotopic (exact) mass is 257 g/mol. The average molecular weight is 257 g/mol. The SMILES string of the molecule is SCC=Cc1cncc(OCc2ccccc2)c1. The number of rotatable bonds is 5. The van der Waals surface area contributed by atoms with Crippen molar-refractivity contribution in [2.45, 2.75) is 6.61 Å². The zero-order chi connectivity index (χ0) is 12.6. The number of benzene rings is 1. The first-order valence-electron chi connectivity index (χ1n) is 5.77. The number of nitrogens with zero attached hydrogens (tertiary/aromatic N) is 1. The Bertz CT molecular complexity index is 511. The maximum atomic E-state index is 5.70. The Balaban J connectivity index is 1.99. The van der Waals surface area contributed by atoms with Crippen molar-refractivity contribution >= 4 is 18.7 Å². The fraction of sp³-hybridized carbons (Fsp3) is 0.133.